The van der Waals surface area contributed by atoms with Crippen LogP contribution in [0.1, 0.15) is 0 Å². The standard InChI is InChI=1S/C7H6N/c1-6-2-4-7(8)5-3-6/h1-5,8H/q+1. The van der Waals surface area contributed by atoms with E-state index in [9.17, 15) is 0 Å². The Morgan fingerprint density at radius 1 is 1.12 bits per heavy atom. The van der Waals surface area contributed by atoms with Gasteiger partial charge in [0.15, 0.2) is 5.57 Å². The molecule has 0 bridgehead atoms. The molecule has 0 heterocycles. The van der Waals surface area contributed by atoms with Crippen molar-refractivity contribution >= 4 is 5.71 Å². The van der Waals surface area contributed by atoms with Gasteiger partial charge in [-0.3, -0.25) is 5.41 Å². The first-order valence-corrected chi connectivity index (χ1v) is 2.36. The smallest absolute Gasteiger partial charge is 0.180 e. The lowest BCUT2D eigenvalue weighted by molar-refractivity contribution is 1.51. The summed E-state index contributed by atoms with van der Waals surface area (Å²) in [5.74, 6) is 0. The Morgan fingerprint density at radius 2 is 1.62 bits per heavy atom. The Balaban J connectivity index is 2.83. The first kappa shape index (κ1) is 4.95. The highest BCUT2D eigenvalue weighted by atomic mass is 14.4. The van der Waals surface area contributed by atoms with Crippen molar-refractivity contribution in [2.75, 3.05) is 0 Å². The Bertz CT molecular complexity index is 147. The molecule has 1 heteroatoms. The van der Waals surface area contributed by atoms with Crippen molar-refractivity contribution < 1.29 is 0 Å². The summed E-state index contributed by atoms with van der Waals surface area (Å²) in [5, 5.41) is 7.04. The third-order valence-electron chi connectivity index (χ3n) is 0.911. The number of hydrogen-bond acceptors (Lipinski definition) is 1. The van der Waals surface area contributed by atoms with E-state index in [4.69, 9.17) is 12.0 Å². The molecule has 0 radical (unpaired) electrons. The zero-order chi connectivity index (χ0) is 5.98. The molecule has 0 unspecified atom stereocenters. The van der Waals surface area contributed by atoms with Crippen molar-refractivity contribution in [2.24, 2.45) is 0 Å². The molecular weight excluding hydrogens is 98.1 g/mol. The average molecular weight is 104 g/mol. The first-order valence-electron chi connectivity index (χ1n) is 2.36. The van der Waals surface area contributed by atoms with Crippen LogP contribution in [0.5, 0.6) is 0 Å². The Kier molecular flexibility index (Phi) is 1.07. The number of rotatable bonds is 0. The normalized spacial score (nSPS) is 17.4. The maximum atomic E-state index is 7.04. The molecule has 8 heavy (non-hydrogen) atoms. The van der Waals surface area contributed by atoms with Crippen LogP contribution in [-0.2, 0) is 0 Å². The van der Waals surface area contributed by atoms with E-state index >= 15 is 0 Å². The van der Waals surface area contributed by atoms with E-state index in [0.717, 1.165) is 0 Å². The zero-order valence-corrected chi connectivity index (χ0v) is 4.39. The lowest BCUT2D eigenvalue weighted by Crippen LogP contribution is -1.88. The van der Waals surface area contributed by atoms with Gasteiger partial charge < -0.3 is 0 Å². The van der Waals surface area contributed by atoms with Gasteiger partial charge in [-0.15, -0.1) is 0 Å². The number of hydrogen-bond donors (Lipinski definition) is 1. The number of nitrogens with one attached hydrogen (secondary N) is 1. The van der Waals surface area contributed by atoms with Crippen molar-refractivity contribution in [2.45, 2.75) is 0 Å². The number of allylic oxidation sites excluding steroid dienone is 5. The minimum atomic E-state index is 0.499. The highest BCUT2D eigenvalue weighted by molar-refractivity contribution is 6.03. The van der Waals surface area contributed by atoms with E-state index < -0.39 is 0 Å². The minimum Gasteiger partial charge on any atom is -0.298 e. The summed E-state index contributed by atoms with van der Waals surface area (Å²) in [6.45, 7) is 5.34. The molecule has 0 atom stereocenters. The van der Waals surface area contributed by atoms with Gasteiger partial charge >= 0.3 is 0 Å². The van der Waals surface area contributed by atoms with E-state index in [0.29, 0.717) is 11.3 Å². The van der Waals surface area contributed by atoms with E-state index in [-0.39, 0.29) is 0 Å². The van der Waals surface area contributed by atoms with Crippen LogP contribution in [0.2, 0.25) is 0 Å². The summed E-state index contributed by atoms with van der Waals surface area (Å²) in [6.07, 6.45) is 6.75. The molecule has 1 nitrogen and oxygen atoms in total. The minimum absolute atomic E-state index is 0.499. The van der Waals surface area contributed by atoms with Crippen LogP contribution in [0.3, 0.4) is 0 Å². The molecule has 1 rings (SSSR count). The van der Waals surface area contributed by atoms with Crippen LogP contribution >= 0.6 is 0 Å². The molecule has 0 aliphatic heterocycles. The summed E-state index contributed by atoms with van der Waals surface area (Å²) < 4.78 is 0. The molecule has 0 amide bonds. The monoisotopic (exact) mass is 104 g/mol. The Hall–Kier alpha value is -1.20. The van der Waals surface area contributed by atoms with Gasteiger partial charge in [0.1, 0.15) is 0 Å². The van der Waals surface area contributed by atoms with Crippen molar-refractivity contribution in [1.29, 1.82) is 5.41 Å². The van der Waals surface area contributed by atoms with Crippen LogP contribution in [0.25, 0.3) is 0 Å². The lowest BCUT2D eigenvalue weighted by Gasteiger charge is -1.85. The zero-order valence-electron chi connectivity index (χ0n) is 4.39. The second kappa shape index (κ2) is 1.73. The summed E-state index contributed by atoms with van der Waals surface area (Å²) in [7, 11) is 0. The summed E-state index contributed by atoms with van der Waals surface area (Å²) in [6, 6.07) is 0. The van der Waals surface area contributed by atoms with Gasteiger partial charge in [0.05, 0.1) is 17.9 Å². The summed E-state index contributed by atoms with van der Waals surface area (Å²) in [5.41, 5.74) is 1.21. The van der Waals surface area contributed by atoms with Crippen molar-refractivity contribution in [3.05, 3.63) is 36.5 Å². The van der Waals surface area contributed by atoms with Gasteiger partial charge in [-0.25, -0.2) is 0 Å². The fourth-order valence-corrected chi connectivity index (χ4v) is 0.483. The predicted molar refractivity (Wildman–Crippen MR) is 33.8 cm³/mol. The SMILES string of the molecule is [CH+]=C1C=CC(=N)C=C1. The highest BCUT2D eigenvalue weighted by Crippen LogP contribution is 2.01. The quantitative estimate of drug-likeness (QED) is 0.450. The van der Waals surface area contributed by atoms with Crippen LogP contribution in [0.15, 0.2) is 29.9 Å². The van der Waals surface area contributed by atoms with Crippen LogP contribution in [0.4, 0.5) is 0 Å². The topological polar surface area (TPSA) is 23.9 Å². The van der Waals surface area contributed by atoms with E-state index in [1.54, 1.807) is 24.3 Å². The first-order chi connectivity index (χ1) is 3.79. The molecule has 0 saturated heterocycles. The van der Waals surface area contributed by atoms with Gasteiger partial charge in [0.25, 0.3) is 0 Å². The second-order valence-corrected chi connectivity index (χ2v) is 1.62. The molecule has 0 aromatic carbocycles. The molecule has 1 aliphatic rings. The van der Waals surface area contributed by atoms with E-state index in [1.807, 2.05) is 0 Å². The summed E-state index contributed by atoms with van der Waals surface area (Å²) in [4.78, 5) is 0. The molecule has 0 aromatic heterocycles. The fraction of sp³-hybridized carbons (Fsp3) is 0. The predicted octanol–water partition coefficient (Wildman–Crippen LogP) is 1.49. The third kappa shape index (κ3) is 0.895. The van der Waals surface area contributed by atoms with E-state index in [2.05, 4.69) is 0 Å². The second-order valence-electron chi connectivity index (χ2n) is 1.62. The van der Waals surface area contributed by atoms with Gasteiger partial charge in [-0.1, -0.05) is 0 Å². The van der Waals surface area contributed by atoms with Gasteiger partial charge in [0, 0.05) is 18.7 Å². The molecule has 1 N–H and O–H groups in total. The van der Waals surface area contributed by atoms with Crippen LogP contribution in [0, 0.1) is 12.0 Å². The largest absolute Gasteiger partial charge is 0.298 e. The molecule has 0 aromatic rings. The van der Waals surface area contributed by atoms with Crippen molar-refractivity contribution in [1.82, 2.24) is 0 Å². The molecule has 0 saturated carbocycles. The lowest BCUT2D eigenvalue weighted by atomic mass is 10.1. The van der Waals surface area contributed by atoms with Gasteiger partial charge in [0.2, 0.25) is 0 Å². The Labute approximate surface area is 48.5 Å². The van der Waals surface area contributed by atoms with Crippen molar-refractivity contribution in [3.63, 3.8) is 0 Å². The molecule has 0 spiro atoms. The molecular formula is C7H6N+. The highest BCUT2D eigenvalue weighted by Gasteiger charge is 1.99. The fourth-order valence-electron chi connectivity index (χ4n) is 0.483. The third-order valence-corrected chi connectivity index (χ3v) is 0.911. The molecule has 1 aliphatic carbocycles. The molecule has 0 fully saturated rings. The van der Waals surface area contributed by atoms with Gasteiger partial charge in [-0.2, -0.15) is 0 Å². The summed E-state index contributed by atoms with van der Waals surface area (Å²) >= 11 is 0. The maximum absolute atomic E-state index is 7.04. The average Bonchev–Trinajstić information content (AvgIpc) is 1.77. The van der Waals surface area contributed by atoms with Crippen LogP contribution < -0.4 is 0 Å². The Morgan fingerprint density at radius 3 is 2.00 bits per heavy atom. The van der Waals surface area contributed by atoms with Gasteiger partial charge in [-0.05, 0) is 0 Å². The van der Waals surface area contributed by atoms with Crippen LogP contribution in [-0.4, -0.2) is 5.71 Å². The molecule has 38 valence electrons. The van der Waals surface area contributed by atoms with E-state index in [1.165, 1.54) is 0 Å². The maximum Gasteiger partial charge on any atom is 0.180 e. The van der Waals surface area contributed by atoms with Crippen molar-refractivity contribution in [3.8, 4) is 0 Å².